The number of esters is 1. The number of allylic oxidation sites excluding steroid dienone is 1. The molecule has 0 aromatic heterocycles. The highest BCUT2D eigenvalue weighted by molar-refractivity contribution is 6.23. The maximum Gasteiger partial charge on any atom is 0.341 e. The molecule has 0 bridgehead atoms. The molecule has 3 aliphatic rings. The van der Waals surface area contributed by atoms with Gasteiger partial charge in [0.15, 0.2) is 5.78 Å². The molecule has 30 heavy (non-hydrogen) atoms. The molecule has 7 heteroatoms. The van der Waals surface area contributed by atoms with Gasteiger partial charge < -0.3 is 20.1 Å². The first kappa shape index (κ1) is 20.2. The van der Waals surface area contributed by atoms with Crippen molar-refractivity contribution in [1.29, 1.82) is 0 Å². The van der Waals surface area contributed by atoms with Crippen LogP contribution < -0.4 is 10.6 Å². The van der Waals surface area contributed by atoms with Crippen molar-refractivity contribution in [2.24, 2.45) is 11.7 Å². The average molecular weight is 410 g/mol. The molecule has 4 rings (SSSR count). The first-order valence-electron chi connectivity index (χ1n) is 10.4. The van der Waals surface area contributed by atoms with Crippen LogP contribution in [-0.2, 0) is 29.3 Å². The van der Waals surface area contributed by atoms with Crippen LogP contribution in [0.2, 0.25) is 0 Å². The van der Waals surface area contributed by atoms with Gasteiger partial charge in [0.1, 0.15) is 16.7 Å². The second-order valence-electron chi connectivity index (χ2n) is 8.21. The summed E-state index contributed by atoms with van der Waals surface area (Å²) in [4.78, 5) is 42.1. The van der Waals surface area contributed by atoms with Crippen LogP contribution in [-0.4, -0.2) is 30.8 Å². The highest BCUT2D eigenvalue weighted by Crippen LogP contribution is 2.56. The minimum Gasteiger partial charge on any atom is -0.462 e. The maximum absolute atomic E-state index is 14.1. The first-order valence-corrected chi connectivity index (χ1v) is 10.4. The van der Waals surface area contributed by atoms with Crippen LogP contribution in [0.15, 0.2) is 47.1 Å². The van der Waals surface area contributed by atoms with Crippen molar-refractivity contribution in [2.75, 3.05) is 18.1 Å². The number of nitrogens with two attached hydrogens (primary N) is 1. The molecule has 1 aromatic rings. The van der Waals surface area contributed by atoms with Gasteiger partial charge in [-0.15, -0.1) is 0 Å². The molecule has 0 unspecified atom stereocenters. The van der Waals surface area contributed by atoms with E-state index in [1.165, 1.54) is 0 Å². The van der Waals surface area contributed by atoms with Gasteiger partial charge in [-0.3, -0.25) is 9.59 Å². The van der Waals surface area contributed by atoms with Crippen molar-refractivity contribution in [3.8, 4) is 0 Å². The van der Waals surface area contributed by atoms with Crippen LogP contribution in [0.5, 0.6) is 0 Å². The fourth-order valence-electron chi connectivity index (χ4n) is 4.77. The Bertz CT molecular complexity index is 1010. The number of para-hydroxylation sites is 1. The summed E-state index contributed by atoms with van der Waals surface area (Å²) >= 11 is 0. The third-order valence-corrected chi connectivity index (χ3v) is 5.79. The Hall–Kier alpha value is -3.09. The molecule has 2 N–H and O–H groups in total. The zero-order valence-corrected chi connectivity index (χ0v) is 17.5. The van der Waals surface area contributed by atoms with Crippen LogP contribution in [0.25, 0.3) is 0 Å². The van der Waals surface area contributed by atoms with Gasteiger partial charge >= 0.3 is 5.97 Å². The van der Waals surface area contributed by atoms with Gasteiger partial charge in [0.2, 0.25) is 11.8 Å². The van der Waals surface area contributed by atoms with Gasteiger partial charge in [-0.05, 0) is 25.3 Å². The lowest BCUT2D eigenvalue weighted by Gasteiger charge is -2.39. The summed E-state index contributed by atoms with van der Waals surface area (Å²) in [6.45, 7) is 6.26. The van der Waals surface area contributed by atoms with E-state index in [0.29, 0.717) is 42.8 Å². The number of benzene rings is 1. The summed E-state index contributed by atoms with van der Waals surface area (Å²) in [6, 6.07) is 7.27. The van der Waals surface area contributed by atoms with Crippen molar-refractivity contribution >= 4 is 23.3 Å². The Labute approximate surface area is 175 Å². The van der Waals surface area contributed by atoms with Gasteiger partial charge in [0.25, 0.3) is 0 Å². The Morgan fingerprint density at radius 2 is 2.00 bits per heavy atom. The standard InChI is InChI=1S/C23H26N2O5/c1-4-29-21(27)19-20(24)30-17-11-7-10-16(26)18(17)23(19)14-8-5-6-9-15(14)25(22(23)28)12-13(2)3/h5-6,8-9,13H,4,7,10-12,24H2,1-3H3/t23-/m1/s1. The van der Waals surface area contributed by atoms with E-state index in [1.807, 2.05) is 26.0 Å². The largest absolute Gasteiger partial charge is 0.462 e. The van der Waals surface area contributed by atoms with Gasteiger partial charge in [0.05, 0.1) is 12.2 Å². The lowest BCUT2D eigenvalue weighted by Crippen LogP contribution is -2.51. The van der Waals surface area contributed by atoms with Crippen molar-refractivity contribution in [2.45, 2.75) is 45.4 Å². The molecule has 1 aliphatic carbocycles. The Morgan fingerprint density at radius 3 is 2.70 bits per heavy atom. The number of ether oxygens (including phenoxy) is 2. The van der Waals surface area contributed by atoms with Gasteiger partial charge in [-0.25, -0.2) is 4.79 Å². The predicted octanol–water partition coefficient (Wildman–Crippen LogP) is 2.70. The Morgan fingerprint density at radius 1 is 1.27 bits per heavy atom. The lowest BCUT2D eigenvalue weighted by molar-refractivity contribution is -0.141. The van der Waals surface area contributed by atoms with E-state index in [1.54, 1.807) is 24.0 Å². The average Bonchev–Trinajstić information content (AvgIpc) is 2.91. The van der Waals surface area contributed by atoms with Gasteiger partial charge in [-0.2, -0.15) is 0 Å². The molecule has 0 fully saturated rings. The Balaban J connectivity index is 2.06. The van der Waals surface area contributed by atoms with Crippen LogP contribution in [0.4, 0.5) is 5.69 Å². The third kappa shape index (κ3) is 2.68. The summed E-state index contributed by atoms with van der Waals surface area (Å²) in [6.07, 6.45) is 1.39. The zero-order valence-electron chi connectivity index (χ0n) is 17.5. The summed E-state index contributed by atoms with van der Waals surface area (Å²) < 4.78 is 11.0. The smallest absolute Gasteiger partial charge is 0.341 e. The topological polar surface area (TPSA) is 98.9 Å². The van der Waals surface area contributed by atoms with Gasteiger partial charge in [-0.1, -0.05) is 32.0 Å². The number of Topliss-reactive ketones (excluding diaryl/α,β-unsaturated/α-hetero) is 1. The molecule has 1 aromatic carbocycles. The van der Waals surface area contributed by atoms with E-state index in [0.717, 1.165) is 0 Å². The number of fused-ring (bicyclic) bond motifs is 3. The van der Waals surface area contributed by atoms with Gasteiger partial charge in [0, 0.05) is 30.6 Å². The fraction of sp³-hybridized carbons (Fsp3) is 0.435. The molecule has 2 aliphatic heterocycles. The number of rotatable bonds is 4. The predicted molar refractivity (Wildman–Crippen MR) is 110 cm³/mol. The number of carbonyl (C=O) groups is 3. The number of anilines is 1. The highest BCUT2D eigenvalue weighted by atomic mass is 16.5. The molecule has 1 spiro atoms. The molecule has 1 amide bonds. The van der Waals surface area contributed by atoms with Crippen LogP contribution in [0.3, 0.4) is 0 Å². The molecular formula is C23H26N2O5. The molecule has 0 radical (unpaired) electrons. The fourth-order valence-corrected chi connectivity index (χ4v) is 4.77. The number of nitrogens with zero attached hydrogens (tertiary/aromatic N) is 1. The number of ketones is 1. The number of carbonyl (C=O) groups excluding carboxylic acids is 3. The monoisotopic (exact) mass is 410 g/mol. The molecular weight excluding hydrogens is 384 g/mol. The van der Waals surface area contributed by atoms with E-state index in [4.69, 9.17) is 15.2 Å². The summed E-state index contributed by atoms with van der Waals surface area (Å²) in [5.74, 6) is -0.897. The van der Waals surface area contributed by atoms with Crippen molar-refractivity contribution < 1.29 is 23.9 Å². The van der Waals surface area contributed by atoms with Crippen molar-refractivity contribution in [1.82, 2.24) is 0 Å². The van der Waals surface area contributed by atoms with Crippen molar-refractivity contribution in [3.63, 3.8) is 0 Å². The van der Waals surface area contributed by atoms with E-state index in [-0.39, 0.29) is 41.2 Å². The zero-order chi connectivity index (χ0) is 21.6. The van der Waals surface area contributed by atoms with E-state index >= 15 is 0 Å². The Kier molecular flexibility index (Phi) is 4.92. The molecule has 1 atom stereocenters. The molecule has 0 saturated carbocycles. The quantitative estimate of drug-likeness (QED) is 0.767. The molecule has 158 valence electrons. The van der Waals surface area contributed by atoms with E-state index in [9.17, 15) is 14.4 Å². The minimum atomic E-state index is -1.63. The first-order chi connectivity index (χ1) is 14.3. The molecule has 7 nitrogen and oxygen atoms in total. The SMILES string of the molecule is CCOC(=O)C1=C(N)OC2=C(C(=O)CCC2)[C@@]12C(=O)N(CC(C)C)c1ccccc12. The van der Waals surface area contributed by atoms with Crippen LogP contribution in [0.1, 0.15) is 45.6 Å². The number of hydrogen-bond donors (Lipinski definition) is 1. The lowest BCUT2D eigenvalue weighted by atomic mass is 9.64. The van der Waals surface area contributed by atoms with E-state index in [2.05, 4.69) is 0 Å². The molecule has 0 saturated heterocycles. The normalized spacial score (nSPS) is 23.1. The number of hydrogen-bond acceptors (Lipinski definition) is 6. The summed E-state index contributed by atoms with van der Waals surface area (Å²) in [5, 5.41) is 0. The summed E-state index contributed by atoms with van der Waals surface area (Å²) in [5.41, 5.74) is 5.98. The van der Waals surface area contributed by atoms with Crippen molar-refractivity contribution in [3.05, 3.63) is 52.6 Å². The summed E-state index contributed by atoms with van der Waals surface area (Å²) in [7, 11) is 0. The second-order valence-corrected chi connectivity index (χ2v) is 8.21. The molecule has 2 heterocycles. The number of amides is 1. The maximum atomic E-state index is 14.1. The minimum absolute atomic E-state index is 0.0953. The highest BCUT2D eigenvalue weighted by Gasteiger charge is 2.63. The van der Waals surface area contributed by atoms with Crippen LogP contribution in [0, 0.1) is 5.92 Å². The second kappa shape index (κ2) is 7.31. The third-order valence-electron chi connectivity index (χ3n) is 5.79. The van der Waals surface area contributed by atoms with E-state index < -0.39 is 11.4 Å². The van der Waals surface area contributed by atoms with Crippen LogP contribution >= 0.6 is 0 Å².